The Bertz CT molecular complexity index is 636. The van der Waals surface area contributed by atoms with E-state index in [1.54, 1.807) is 18.2 Å². The van der Waals surface area contributed by atoms with Gasteiger partial charge in [-0.25, -0.2) is 0 Å². The summed E-state index contributed by atoms with van der Waals surface area (Å²) in [5.41, 5.74) is 6.65. The highest BCUT2D eigenvalue weighted by Gasteiger charge is 2.25. The number of hydrogen-bond acceptors (Lipinski definition) is 4. The maximum Gasteiger partial charge on any atom is 0.344 e. The van der Waals surface area contributed by atoms with Crippen molar-refractivity contribution < 1.29 is 13.2 Å². The maximum atomic E-state index is 11.4. The quantitative estimate of drug-likeness (QED) is 0.868. The topological polar surface area (TPSA) is 93.8 Å². The van der Waals surface area contributed by atoms with E-state index in [-0.39, 0.29) is 5.84 Å². The first kappa shape index (κ1) is 12.3. The van der Waals surface area contributed by atoms with Crippen molar-refractivity contribution in [2.45, 2.75) is 19.3 Å². The number of anilines is 1. The number of nitrogens with two attached hydrogens (primary N) is 1. The van der Waals surface area contributed by atoms with E-state index < -0.39 is 10.2 Å². The minimum absolute atomic E-state index is 0.0317. The number of fused-ring (bicyclic) bond motifs is 1. The van der Waals surface area contributed by atoms with Crippen LogP contribution in [0.4, 0.5) is 5.69 Å². The third kappa shape index (κ3) is 2.65. The second kappa shape index (κ2) is 4.41. The molecule has 1 heterocycles. The standard InChI is InChI=1S/C12H15N3O3S/c13-12-11-9(14-19(16,17)15-12)2-1-3-10(11)18-7-6-8-4-5-8/h1-3,8,14H,4-7H2,(H2,13,15). The first-order chi connectivity index (χ1) is 9.05. The third-order valence-electron chi connectivity index (χ3n) is 3.22. The van der Waals surface area contributed by atoms with Gasteiger partial charge in [-0.3, -0.25) is 4.72 Å². The van der Waals surface area contributed by atoms with Gasteiger partial charge in [0.2, 0.25) is 0 Å². The minimum Gasteiger partial charge on any atom is -0.493 e. The molecule has 0 amide bonds. The van der Waals surface area contributed by atoms with Gasteiger partial charge in [0.1, 0.15) is 5.75 Å². The van der Waals surface area contributed by atoms with Crippen LogP contribution in [0, 0.1) is 5.92 Å². The molecule has 0 radical (unpaired) electrons. The number of ether oxygens (including phenoxy) is 1. The molecule has 1 aliphatic heterocycles. The van der Waals surface area contributed by atoms with E-state index in [2.05, 4.69) is 9.12 Å². The Hall–Kier alpha value is -1.76. The van der Waals surface area contributed by atoms with Gasteiger partial charge in [0.05, 0.1) is 17.9 Å². The van der Waals surface area contributed by atoms with Crippen LogP contribution in [0.15, 0.2) is 22.6 Å². The van der Waals surface area contributed by atoms with Crippen molar-refractivity contribution in [3.8, 4) is 5.75 Å². The maximum absolute atomic E-state index is 11.4. The second-order valence-corrected chi connectivity index (χ2v) is 6.15. The molecule has 1 aromatic rings. The van der Waals surface area contributed by atoms with Gasteiger partial charge in [0.15, 0.2) is 5.84 Å². The summed E-state index contributed by atoms with van der Waals surface area (Å²) in [4.78, 5) is 0. The summed E-state index contributed by atoms with van der Waals surface area (Å²) in [6.45, 7) is 0.612. The van der Waals surface area contributed by atoms with Crippen LogP contribution in [0.3, 0.4) is 0 Å². The zero-order chi connectivity index (χ0) is 13.5. The van der Waals surface area contributed by atoms with E-state index in [0.717, 1.165) is 12.3 Å². The van der Waals surface area contributed by atoms with E-state index in [0.29, 0.717) is 23.6 Å². The van der Waals surface area contributed by atoms with Gasteiger partial charge in [0.25, 0.3) is 0 Å². The summed E-state index contributed by atoms with van der Waals surface area (Å²) in [7, 11) is -3.73. The summed E-state index contributed by atoms with van der Waals surface area (Å²) in [6, 6.07) is 5.14. The fraction of sp³-hybridized carbons (Fsp3) is 0.417. The monoisotopic (exact) mass is 281 g/mol. The van der Waals surface area contributed by atoms with Gasteiger partial charge in [-0.05, 0) is 24.5 Å². The molecule has 0 saturated heterocycles. The lowest BCUT2D eigenvalue weighted by Gasteiger charge is -2.19. The average Bonchev–Trinajstić information content (AvgIpc) is 3.11. The van der Waals surface area contributed by atoms with Crippen molar-refractivity contribution in [2.75, 3.05) is 11.3 Å². The largest absolute Gasteiger partial charge is 0.493 e. The Morgan fingerprint density at radius 3 is 2.95 bits per heavy atom. The average molecular weight is 281 g/mol. The van der Waals surface area contributed by atoms with Crippen molar-refractivity contribution in [3.05, 3.63) is 23.8 Å². The molecule has 3 rings (SSSR count). The van der Waals surface area contributed by atoms with Crippen LogP contribution in [-0.4, -0.2) is 20.9 Å². The summed E-state index contributed by atoms with van der Waals surface area (Å²) in [6.07, 6.45) is 3.58. The molecular weight excluding hydrogens is 266 g/mol. The molecule has 1 saturated carbocycles. The molecule has 0 bridgehead atoms. The Morgan fingerprint density at radius 1 is 1.42 bits per heavy atom. The van der Waals surface area contributed by atoms with Crippen LogP contribution in [0.1, 0.15) is 24.8 Å². The smallest absolute Gasteiger partial charge is 0.344 e. The fourth-order valence-electron chi connectivity index (χ4n) is 2.08. The summed E-state index contributed by atoms with van der Waals surface area (Å²) >= 11 is 0. The highest BCUT2D eigenvalue weighted by atomic mass is 32.2. The molecule has 0 atom stereocenters. The number of hydrogen-bond donors (Lipinski definition) is 2. The van der Waals surface area contributed by atoms with Gasteiger partial charge >= 0.3 is 10.2 Å². The van der Waals surface area contributed by atoms with Crippen molar-refractivity contribution in [3.63, 3.8) is 0 Å². The molecule has 1 aliphatic carbocycles. The van der Waals surface area contributed by atoms with E-state index in [4.69, 9.17) is 10.5 Å². The molecule has 1 fully saturated rings. The number of amidine groups is 1. The lowest BCUT2D eigenvalue weighted by atomic mass is 10.1. The number of nitrogens with one attached hydrogen (secondary N) is 1. The Morgan fingerprint density at radius 2 is 2.21 bits per heavy atom. The van der Waals surface area contributed by atoms with Crippen LogP contribution < -0.4 is 15.2 Å². The molecule has 0 aromatic heterocycles. The van der Waals surface area contributed by atoms with Crippen LogP contribution >= 0.6 is 0 Å². The SMILES string of the molecule is NC1=NS(=O)(=O)Nc2cccc(OCCC3CC3)c21. The van der Waals surface area contributed by atoms with E-state index >= 15 is 0 Å². The number of benzene rings is 1. The van der Waals surface area contributed by atoms with Crippen LogP contribution in [0.5, 0.6) is 5.75 Å². The Kier molecular flexibility index (Phi) is 2.85. The fourth-order valence-corrected chi connectivity index (χ4v) is 2.92. The van der Waals surface area contributed by atoms with Gasteiger partial charge in [-0.15, -0.1) is 4.40 Å². The zero-order valence-corrected chi connectivity index (χ0v) is 11.1. The van der Waals surface area contributed by atoms with Gasteiger partial charge in [-0.1, -0.05) is 18.9 Å². The van der Waals surface area contributed by atoms with Crippen LogP contribution in [-0.2, 0) is 10.2 Å². The van der Waals surface area contributed by atoms with Crippen molar-refractivity contribution in [1.82, 2.24) is 0 Å². The molecule has 1 aromatic carbocycles. The van der Waals surface area contributed by atoms with Crippen LogP contribution in [0.25, 0.3) is 0 Å². The zero-order valence-electron chi connectivity index (χ0n) is 10.3. The molecule has 102 valence electrons. The third-order valence-corrected chi connectivity index (χ3v) is 4.14. The summed E-state index contributed by atoms with van der Waals surface area (Å²) in [5.74, 6) is 1.32. The van der Waals surface area contributed by atoms with Crippen LogP contribution in [0.2, 0.25) is 0 Å². The van der Waals surface area contributed by atoms with Crippen molar-refractivity contribution in [1.29, 1.82) is 0 Å². The Labute approximate surface area is 111 Å². The lowest BCUT2D eigenvalue weighted by molar-refractivity contribution is 0.302. The highest BCUT2D eigenvalue weighted by molar-refractivity contribution is 7.91. The molecule has 2 aliphatic rings. The minimum atomic E-state index is -3.73. The molecule has 3 N–H and O–H groups in total. The highest BCUT2D eigenvalue weighted by Crippen LogP contribution is 2.34. The summed E-state index contributed by atoms with van der Waals surface area (Å²) < 4.78 is 34.3. The van der Waals surface area contributed by atoms with Gasteiger partial charge in [0, 0.05) is 0 Å². The number of rotatable bonds is 4. The van der Waals surface area contributed by atoms with Gasteiger partial charge in [-0.2, -0.15) is 8.42 Å². The summed E-state index contributed by atoms with van der Waals surface area (Å²) in [5, 5.41) is 0. The Balaban J connectivity index is 1.86. The van der Waals surface area contributed by atoms with Crippen molar-refractivity contribution in [2.24, 2.45) is 16.0 Å². The molecular formula is C12H15N3O3S. The molecule has 0 unspecified atom stereocenters. The normalized spacial score (nSPS) is 20.1. The lowest BCUT2D eigenvalue weighted by Crippen LogP contribution is -2.27. The molecule has 7 heteroatoms. The van der Waals surface area contributed by atoms with E-state index in [1.165, 1.54) is 12.8 Å². The second-order valence-electron chi connectivity index (χ2n) is 4.81. The van der Waals surface area contributed by atoms with Gasteiger partial charge < -0.3 is 10.5 Å². The first-order valence-corrected chi connectivity index (χ1v) is 7.63. The molecule has 6 nitrogen and oxygen atoms in total. The predicted octanol–water partition coefficient (Wildman–Crippen LogP) is 1.24. The van der Waals surface area contributed by atoms with Crippen molar-refractivity contribution >= 4 is 21.7 Å². The number of nitrogens with zero attached hydrogens (tertiary/aromatic N) is 1. The predicted molar refractivity (Wildman–Crippen MR) is 72.5 cm³/mol. The molecule has 0 spiro atoms. The molecule has 19 heavy (non-hydrogen) atoms. The van der Waals surface area contributed by atoms with E-state index in [1.807, 2.05) is 0 Å². The first-order valence-electron chi connectivity index (χ1n) is 6.19. The van der Waals surface area contributed by atoms with E-state index in [9.17, 15) is 8.42 Å².